The molecule has 106 valence electrons. The quantitative estimate of drug-likeness (QED) is 0.769. The maximum Gasteiger partial charge on any atom is 0.154 e. The number of aliphatic imine (C=N–C) groups is 1. The highest BCUT2D eigenvalue weighted by Crippen LogP contribution is 2.37. The Morgan fingerprint density at radius 1 is 1.20 bits per heavy atom. The Kier molecular flexibility index (Phi) is 3.26. The van der Waals surface area contributed by atoms with Crippen LogP contribution in [0.25, 0.3) is 0 Å². The molecule has 4 nitrogen and oxygen atoms in total. The van der Waals surface area contributed by atoms with Gasteiger partial charge in [0.05, 0.1) is 5.70 Å². The van der Waals surface area contributed by atoms with Crippen LogP contribution in [0.3, 0.4) is 0 Å². The fourth-order valence-corrected chi connectivity index (χ4v) is 3.10. The van der Waals surface area contributed by atoms with Gasteiger partial charge < -0.3 is 16.8 Å². The Balaban J connectivity index is 1.95. The van der Waals surface area contributed by atoms with Crippen LogP contribution in [0.4, 0.5) is 0 Å². The first kappa shape index (κ1) is 13.2. The van der Waals surface area contributed by atoms with Crippen molar-refractivity contribution in [3.05, 3.63) is 47.3 Å². The van der Waals surface area contributed by atoms with Crippen LogP contribution in [-0.2, 0) is 0 Å². The summed E-state index contributed by atoms with van der Waals surface area (Å²) >= 11 is 0. The van der Waals surface area contributed by atoms with E-state index in [9.17, 15) is 0 Å². The molecule has 1 saturated carbocycles. The van der Waals surface area contributed by atoms with E-state index in [0.717, 1.165) is 24.2 Å². The zero-order valence-electron chi connectivity index (χ0n) is 11.9. The summed E-state index contributed by atoms with van der Waals surface area (Å²) in [6.07, 6.45) is 6.46. The van der Waals surface area contributed by atoms with Gasteiger partial charge in [-0.15, -0.1) is 0 Å². The summed E-state index contributed by atoms with van der Waals surface area (Å²) in [5.74, 6) is 1.16. The predicted octanol–water partition coefficient (Wildman–Crippen LogP) is 1.99. The second-order valence-electron chi connectivity index (χ2n) is 5.88. The van der Waals surface area contributed by atoms with Crippen LogP contribution >= 0.6 is 0 Å². The Bertz CT molecular complexity index is 552. The molecule has 5 N–H and O–H groups in total. The summed E-state index contributed by atoms with van der Waals surface area (Å²) in [5.41, 5.74) is 14.8. The summed E-state index contributed by atoms with van der Waals surface area (Å²) < 4.78 is 0. The summed E-state index contributed by atoms with van der Waals surface area (Å²) in [5, 5.41) is 3.17. The normalized spacial score (nSPS) is 26.9. The Morgan fingerprint density at radius 2 is 1.85 bits per heavy atom. The Morgan fingerprint density at radius 3 is 2.50 bits per heavy atom. The summed E-state index contributed by atoms with van der Waals surface area (Å²) in [6, 6.07) is 8.28. The number of nitrogens with one attached hydrogen (secondary N) is 1. The lowest BCUT2D eigenvalue weighted by atomic mass is 9.88. The first-order chi connectivity index (χ1) is 9.59. The van der Waals surface area contributed by atoms with E-state index >= 15 is 0 Å². The molecule has 20 heavy (non-hydrogen) atoms. The van der Waals surface area contributed by atoms with Crippen LogP contribution in [0.2, 0.25) is 0 Å². The molecular formula is C16H22N4. The molecule has 0 amide bonds. The smallest absolute Gasteiger partial charge is 0.154 e. The molecule has 1 unspecified atom stereocenters. The molecule has 1 aromatic carbocycles. The van der Waals surface area contributed by atoms with E-state index in [-0.39, 0.29) is 0 Å². The van der Waals surface area contributed by atoms with Crippen LogP contribution in [0.15, 0.2) is 41.2 Å². The number of hydrogen-bond donors (Lipinski definition) is 3. The van der Waals surface area contributed by atoms with E-state index in [4.69, 9.17) is 16.5 Å². The molecule has 0 saturated heterocycles. The van der Waals surface area contributed by atoms with E-state index < -0.39 is 5.66 Å². The number of nitrogens with zero attached hydrogens (tertiary/aromatic N) is 1. The third kappa shape index (κ3) is 2.20. The largest absolute Gasteiger partial charge is 0.398 e. The first-order valence-corrected chi connectivity index (χ1v) is 7.28. The fourth-order valence-electron chi connectivity index (χ4n) is 3.10. The molecule has 0 aromatic heterocycles. The van der Waals surface area contributed by atoms with Gasteiger partial charge in [0.1, 0.15) is 5.84 Å². The van der Waals surface area contributed by atoms with Crippen LogP contribution < -0.4 is 16.8 Å². The summed E-state index contributed by atoms with van der Waals surface area (Å²) in [6.45, 7) is 2.07. The average Bonchev–Trinajstić information content (AvgIpc) is 2.98. The number of rotatable bonds is 2. The molecule has 1 aliphatic heterocycles. The molecule has 1 aliphatic carbocycles. The second kappa shape index (κ2) is 4.94. The molecule has 4 heteroatoms. The van der Waals surface area contributed by atoms with Gasteiger partial charge >= 0.3 is 0 Å². The Hall–Kier alpha value is -1.81. The van der Waals surface area contributed by atoms with Crippen LogP contribution in [0.5, 0.6) is 0 Å². The molecule has 3 rings (SSSR count). The number of hydrogen-bond acceptors (Lipinski definition) is 4. The second-order valence-corrected chi connectivity index (χ2v) is 5.88. The highest BCUT2D eigenvalue weighted by atomic mass is 15.2. The predicted molar refractivity (Wildman–Crippen MR) is 82.0 cm³/mol. The van der Waals surface area contributed by atoms with E-state index in [0.29, 0.717) is 11.6 Å². The third-order valence-corrected chi connectivity index (χ3v) is 4.43. The lowest BCUT2D eigenvalue weighted by molar-refractivity contribution is 0.326. The van der Waals surface area contributed by atoms with E-state index in [1.165, 1.54) is 18.4 Å². The molecule has 0 bridgehead atoms. The molecule has 1 aromatic rings. The topological polar surface area (TPSA) is 76.4 Å². The van der Waals surface area contributed by atoms with Crippen LogP contribution in [0.1, 0.15) is 36.8 Å². The van der Waals surface area contributed by atoms with Gasteiger partial charge in [0.15, 0.2) is 5.66 Å². The van der Waals surface area contributed by atoms with Crippen molar-refractivity contribution in [2.75, 3.05) is 0 Å². The average molecular weight is 270 g/mol. The van der Waals surface area contributed by atoms with E-state index in [1.54, 1.807) is 6.20 Å². The van der Waals surface area contributed by atoms with Crippen molar-refractivity contribution in [2.24, 2.45) is 22.4 Å². The third-order valence-electron chi connectivity index (χ3n) is 4.43. The lowest BCUT2D eigenvalue weighted by Crippen LogP contribution is -2.53. The highest BCUT2D eigenvalue weighted by molar-refractivity contribution is 6.00. The van der Waals surface area contributed by atoms with Crippen molar-refractivity contribution < 1.29 is 0 Å². The van der Waals surface area contributed by atoms with Gasteiger partial charge in [-0.1, -0.05) is 42.7 Å². The maximum absolute atomic E-state index is 6.54. The summed E-state index contributed by atoms with van der Waals surface area (Å²) in [7, 11) is 0. The molecule has 2 aliphatic rings. The SMILES string of the molecule is Cc1ccc(C2=NC(N)(C3CCCC3)C(N)=CN2)cc1. The van der Waals surface area contributed by atoms with Crippen molar-refractivity contribution in [3.63, 3.8) is 0 Å². The van der Waals surface area contributed by atoms with Gasteiger partial charge in [-0.25, -0.2) is 4.99 Å². The van der Waals surface area contributed by atoms with Crippen LogP contribution in [0, 0.1) is 12.8 Å². The number of amidine groups is 1. The summed E-state index contributed by atoms with van der Waals surface area (Å²) in [4.78, 5) is 4.77. The first-order valence-electron chi connectivity index (χ1n) is 7.28. The van der Waals surface area contributed by atoms with Crippen molar-refractivity contribution in [2.45, 2.75) is 38.3 Å². The lowest BCUT2D eigenvalue weighted by Gasteiger charge is -2.35. The van der Waals surface area contributed by atoms with Crippen molar-refractivity contribution in [1.29, 1.82) is 0 Å². The van der Waals surface area contributed by atoms with Gasteiger partial charge in [0, 0.05) is 17.7 Å². The molecule has 1 heterocycles. The minimum absolute atomic E-state index is 0.348. The Labute approximate surface area is 120 Å². The van der Waals surface area contributed by atoms with Crippen molar-refractivity contribution in [3.8, 4) is 0 Å². The van der Waals surface area contributed by atoms with Gasteiger partial charge in [-0.05, 0) is 19.8 Å². The molecule has 1 fully saturated rings. The standard InChI is InChI=1S/C16H22N4/c1-11-6-8-12(9-7-11)15-19-10-14(17)16(18,20-15)13-4-2-3-5-13/h6-10,13H,2-5,17-18H2,1H3,(H,19,20). The molecular weight excluding hydrogens is 248 g/mol. The fraction of sp³-hybridized carbons (Fsp3) is 0.438. The zero-order chi connectivity index (χ0) is 14.2. The molecule has 1 atom stereocenters. The van der Waals surface area contributed by atoms with Gasteiger partial charge in [-0.3, -0.25) is 0 Å². The van der Waals surface area contributed by atoms with Crippen molar-refractivity contribution >= 4 is 5.84 Å². The van der Waals surface area contributed by atoms with E-state index in [2.05, 4.69) is 36.5 Å². The highest BCUT2D eigenvalue weighted by Gasteiger charge is 2.40. The zero-order valence-corrected chi connectivity index (χ0v) is 11.9. The number of benzene rings is 1. The van der Waals surface area contributed by atoms with E-state index in [1.807, 2.05) is 0 Å². The van der Waals surface area contributed by atoms with Crippen LogP contribution in [-0.4, -0.2) is 11.5 Å². The van der Waals surface area contributed by atoms with Gasteiger partial charge in [0.25, 0.3) is 0 Å². The van der Waals surface area contributed by atoms with Gasteiger partial charge in [0.2, 0.25) is 0 Å². The minimum Gasteiger partial charge on any atom is -0.398 e. The molecule has 0 radical (unpaired) electrons. The maximum atomic E-state index is 6.54. The molecule has 0 spiro atoms. The number of nitrogens with two attached hydrogens (primary N) is 2. The number of aryl methyl sites for hydroxylation is 1. The van der Waals surface area contributed by atoms with Crippen molar-refractivity contribution in [1.82, 2.24) is 5.32 Å². The monoisotopic (exact) mass is 270 g/mol. The van der Waals surface area contributed by atoms with Gasteiger partial charge in [-0.2, -0.15) is 0 Å². The minimum atomic E-state index is -0.748.